The molecule has 110 valence electrons. The first-order chi connectivity index (χ1) is 8.98. The maximum Gasteiger partial charge on any atom is 0.329 e. The van der Waals surface area contributed by atoms with Crippen molar-refractivity contribution in [3.8, 4) is 0 Å². The molecule has 0 aromatic rings. The van der Waals surface area contributed by atoms with Gasteiger partial charge in [0, 0.05) is 19.6 Å². The van der Waals surface area contributed by atoms with E-state index in [1.807, 2.05) is 6.92 Å². The fourth-order valence-electron chi connectivity index (χ4n) is 2.46. The van der Waals surface area contributed by atoms with Gasteiger partial charge in [-0.1, -0.05) is 13.3 Å². The molecule has 1 aliphatic heterocycles. The van der Waals surface area contributed by atoms with E-state index in [0.29, 0.717) is 18.8 Å². The van der Waals surface area contributed by atoms with Crippen LogP contribution >= 0.6 is 0 Å². The molecule has 5 nitrogen and oxygen atoms in total. The number of aliphatic carboxylic acids is 1. The molecule has 0 aromatic carbocycles. The van der Waals surface area contributed by atoms with Crippen LogP contribution in [-0.4, -0.2) is 35.7 Å². The molecule has 19 heavy (non-hydrogen) atoms. The van der Waals surface area contributed by atoms with Crippen LogP contribution in [0.4, 0.5) is 0 Å². The molecule has 0 aromatic heterocycles. The van der Waals surface area contributed by atoms with Gasteiger partial charge in [0.2, 0.25) is 5.91 Å². The van der Waals surface area contributed by atoms with Crippen LogP contribution in [0.25, 0.3) is 0 Å². The molecule has 1 fully saturated rings. The molecule has 0 saturated carbocycles. The number of carbonyl (C=O) groups excluding carboxylic acids is 1. The lowest BCUT2D eigenvalue weighted by atomic mass is 9.93. The molecule has 1 aliphatic rings. The summed E-state index contributed by atoms with van der Waals surface area (Å²) < 4.78 is 5.27. The van der Waals surface area contributed by atoms with Gasteiger partial charge in [-0.25, -0.2) is 4.79 Å². The van der Waals surface area contributed by atoms with Gasteiger partial charge in [0.05, 0.1) is 0 Å². The van der Waals surface area contributed by atoms with Gasteiger partial charge in [0.1, 0.15) is 5.54 Å². The minimum atomic E-state index is -1.14. The van der Waals surface area contributed by atoms with Crippen LogP contribution < -0.4 is 5.32 Å². The fourth-order valence-corrected chi connectivity index (χ4v) is 2.46. The Hall–Kier alpha value is -1.10. The van der Waals surface area contributed by atoms with E-state index in [9.17, 15) is 14.7 Å². The molecule has 1 amide bonds. The Balaban J connectivity index is 2.37. The molecule has 1 rings (SSSR count). The smallest absolute Gasteiger partial charge is 0.329 e. The molecule has 0 spiro atoms. The lowest BCUT2D eigenvalue weighted by Gasteiger charge is -2.27. The van der Waals surface area contributed by atoms with Gasteiger partial charge in [-0.3, -0.25) is 4.79 Å². The monoisotopic (exact) mass is 271 g/mol. The van der Waals surface area contributed by atoms with Crippen molar-refractivity contribution in [3.05, 3.63) is 0 Å². The number of carbonyl (C=O) groups is 2. The Bertz CT molecular complexity index is 313. The van der Waals surface area contributed by atoms with Gasteiger partial charge >= 0.3 is 5.97 Å². The zero-order chi connectivity index (χ0) is 14.3. The molecule has 0 radical (unpaired) electrons. The predicted molar refractivity (Wildman–Crippen MR) is 71.9 cm³/mol. The Morgan fingerprint density at radius 1 is 1.37 bits per heavy atom. The average Bonchev–Trinajstić information content (AvgIpc) is 2.37. The van der Waals surface area contributed by atoms with Crippen LogP contribution in [0.5, 0.6) is 0 Å². The number of amides is 1. The van der Waals surface area contributed by atoms with Gasteiger partial charge in [0.25, 0.3) is 0 Å². The number of hydrogen-bond donors (Lipinski definition) is 2. The first-order valence-corrected chi connectivity index (χ1v) is 7.10. The number of nitrogens with one attached hydrogen (secondary N) is 1. The zero-order valence-electron chi connectivity index (χ0n) is 11.9. The molecule has 0 aliphatic carbocycles. The molecular formula is C14H25NO4. The highest BCUT2D eigenvalue weighted by Crippen LogP contribution is 2.20. The molecule has 1 unspecified atom stereocenters. The third kappa shape index (κ3) is 5.19. The van der Waals surface area contributed by atoms with E-state index >= 15 is 0 Å². The minimum absolute atomic E-state index is 0.162. The van der Waals surface area contributed by atoms with Crippen LogP contribution in [0.3, 0.4) is 0 Å². The lowest BCUT2D eigenvalue weighted by Crippen LogP contribution is -2.52. The van der Waals surface area contributed by atoms with Crippen molar-refractivity contribution in [2.45, 2.75) is 57.9 Å². The molecule has 5 heteroatoms. The number of carboxylic acid groups (broad SMARTS) is 1. The largest absolute Gasteiger partial charge is 0.480 e. The molecule has 1 heterocycles. The lowest BCUT2D eigenvalue weighted by molar-refractivity contribution is -0.147. The van der Waals surface area contributed by atoms with Gasteiger partial charge in [-0.15, -0.1) is 0 Å². The Kier molecular flexibility index (Phi) is 6.28. The summed E-state index contributed by atoms with van der Waals surface area (Å²) in [5, 5.41) is 11.9. The van der Waals surface area contributed by atoms with Gasteiger partial charge in [-0.05, 0) is 38.5 Å². The topological polar surface area (TPSA) is 75.6 Å². The van der Waals surface area contributed by atoms with Crippen LogP contribution in [0.1, 0.15) is 52.4 Å². The fraction of sp³-hybridized carbons (Fsp3) is 0.857. The highest BCUT2D eigenvalue weighted by atomic mass is 16.5. The molecular weight excluding hydrogens is 246 g/mol. The number of hydrogen-bond acceptors (Lipinski definition) is 3. The van der Waals surface area contributed by atoms with E-state index in [0.717, 1.165) is 38.9 Å². The maximum absolute atomic E-state index is 11.9. The summed E-state index contributed by atoms with van der Waals surface area (Å²) in [4.78, 5) is 23.1. The predicted octanol–water partition coefficient (Wildman–Crippen LogP) is 1.95. The van der Waals surface area contributed by atoms with E-state index < -0.39 is 11.5 Å². The van der Waals surface area contributed by atoms with Gasteiger partial charge in [-0.2, -0.15) is 0 Å². The summed E-state index contributed by atoms with van der Waals surface area (Å²) in [5.41, 5.74) is -1.14. The third-order valence-electron chi connectivity index (χ3n) is 3.76. The van der Waals surface area contributed by atoms with E-state index in [4.69, 9.17) is 4.74 Å². The van der Waals surface area contributed by atoms with Crippen molar-refractivity contribution in [1.82, 2.24) is 5.32 Å². The van der Waals surface area contributed by atoms with Crippen molar-refractivity contribution in [3.63, 3.8) is 0 Å². The van der Waals surface area contributed by atoms with Crippen LogP contribution in [0.2, 0.25) is 0 Å². The van der Waals surface area contributed by atoms with E-state index in [-0.39, 0.29) is 5.91 Å². The van der Waals surface area contributed by atoms with Crippen LogP contribution in [0, 0.1) is 5.92 Å². The van der Waals surface area contributed by atoms with E-state index in [1.54, 1.807) is 6.92 Å². The number of ether oxygens (including phenoxy) is 1. The Morgan fingerprint density at radius 2 is 2.00 bits per heavy atom. The van der Waals surface area contributed by atoms with Crippen molar-refractivity contribution in [2.24, 2.45) is 5.92 Å². The first kappa shape index (κ1) is 16.0. The van der Waals surface area contributed by atoms with Crippen molar-refractivity contribution < 1.29 is 19.4 Å². The summed E-state index contributed by atoms with van der Waals surface area (Å²) in [6, 6.07) is 0. The summed E-state index contributed by atoms with van der Waals surface area (Å²) in [7, 11) is 0. The number of carboxylic acids is 1. The Morgan fingerprint density at radius 3 is 2.53 bits per heavy atom. The summed E-state index contributed by atoms with van der Waals surface area (Å²) in [6.45, 7) is 5.03. The normalized spacial score (nSPS) is 19.7. The quantitative estimate of drug-likeness (QED) is 0.742. The highest BCUT2D eigenvalue weighted by molar-refractivity contribution is 5.86. The molecule has 2 N–H and O–H groups in total. The second-order valence-corrected chi connectivity index (χ2v) is 5.53. The first-order valence-electron chi connectivity index (χ1n) is 7.10. The van der Waals surface area contributed by atoms with Crippen molar-refractivity contribution in [1.29, 1.82) is 0 Å². The Labute approximate surface area is 114 Å². The molecule has 1 atom stereocenters. The van der Waals surface area contributed by atoms with Crippen LogP contribution in [-0.2, 0) is 14.3 Å². The zero-order valence-corrected chi connectivity index (χ0v) is 11.9. The number of rotatable bonds is 7. The summed E-state index contributed by atoms with van der Waals surface area (Å²) in [6.07, 6.45) is 4.39. The third-order valence-corrected chi connectivity index (χ3v) is 3.76. The average molecular weight is 271 g/mol. The second-order valence-electron chi connectivity index (χ2n) is 5.53. The van der Waals surface area contributed by atoms with E-state index in [2.05, 4.69) is 5.32 Å². The van der Waals surface area contributed by atoms with Gasteiger partial charge < -0.3 is 15.2 Å². The molecule has 1 saturated heterocycles. The van der Waals surface area contributed by atoms with Crippen molar-refractivity contribution in [2.75, 3.05) is 13.2 Å². The highest BCUT2D eigenvalue weighted by Gasteiger charge is 2.33. The maximum atomic E-state index is 11.9. The minimum Gasteiger partial charge on any atom is -0.480 e. The second kappa shape index (κ2) is 7.48. The molecule has 0 bridgehead atoms. The van der Waals surface area contributed by atoms with Gasteiger partial charge in [0.15, 0.2) is 0 Å². The van der Waals surface area contributed by atoms with E-state index in [1.165, 1.54) is 0 Å². The van der Waals surface area contributed by atoms with Crippen molar-refractivity contribution >= 4 is 11.9 Å². The van der Waals surface area contributed by atoms with Crippen LogP contribution in [0.15, 0.2) is 0 Å². The summed E-state index contributed by atoms with van der Waals surface area (Å²) >= 11 is 0. The standard InChI is InChI=1S/C14H25NO4/c1-3-8-14(2,13(17)18)15-12(16)5-4-11-6-9-19-10-7-11/h11H,3-10H2,1-2H3,(H,15,16)(H,17,18). The SMILES string of the molecule is CCCC(C)(NC(=O)CCC1CCOCC1)C(=O)O. The summed E-state index contributed by atoms with van der Waals surface area (Å²) in [5.74, 6) is -0.597.